The van der Waals surface area contributed by atoms with Crippen molar-refractivity contribution in [3.63, 3.8) is 0 Å². The van der Waals surface area contributed by atoms with Gasteiger partial charge in [0.2, 0.25) is 0 Å². The molecule has 3 rings (SSSR count). The zero-order valence-corrected chi connectivity index (χ0v) is 16.6. The summed E-state index contributed by atoms with van der Waals surface area (Å²) in [7, 11) is 0. The number of carboxylic acid groups (broad SMARTS) is 2. The van der Waals surface area contributed by atoms with E-state index in [2.05, 4.69) is 53.4 Å². The van der Waals surface area contributed by atoms with Gasteiger partial charge in [0.05, 0.1) is 6.61 Å². The summed E-state index contributed by atoms with van der Waals surface area (Å²) >= 11 is 0. The van der Waals surface area contributed by atoms with E-state index in [1.165, 1.54) is 56.4 Å². The smallest absolute Gasteiger partial charge is 0.414 e. The van der Waals surface area contributed by atoms with Gasteiger partial charge in [-0.25, -0.2) is 9.59 Å². The summed E-state index contributed by atoms with van der Waals surface area (Å²) in [6.45, 7) is 4.61. The third kappa shape index (κ3) is 8.35. The molecular weight excluding hydrogens is 370 g/mol. The topological polar surface area (TPSA) is 87.1 Å². The van der Waals surface area contributed by atoms with Crippen LogP contribution in [0.5, 0.6) is 5.75 Å². The van der Waals surface area contributed by atoms with Gasteiger partial charge in [0, 0.05) is 5.56 Å². The number of nitrogens with zero attached hydrogens (tertiary/aromatic N) is 1. The second-order valence-electron chi connectivity index (χ2n) is 6.93. The molecule has 2 aromatic carbocycles. The summed E-state index contributed by atoms with van der Waals surface area (Å²) in [5.41, 5.74) is 2.40. The number of piperidine rings is 1. The number of carboxylic acids is 2. The normalized spacial score (nSPS) is 13.8. The van der Waals surface area contributed by atoms with E-state index in [0.717, 1.165) is 18.8 Å². The molecular formula is C23H29NO5. The summed E-state index contributed by atoms with van der Waals surface area (Å²) < 4.78 is 6.06. The van der Waals surface area contributed by atoms with Crippen molar-refractivity contribution in [2.75, 3.05) is 26.2 Å². The zero-order chi connectivity index (χ0) is 20.9. The minimum Gasteiger partial charge on any atom is -0.493 e. The second-order valence-corrected chi connectivity index (χ2v) is 6.93. The molecule has 6 heteroatoms. The molecule has 0 aromatic heterocycles. The molecule has 0 atom stereocenters. The van der Waals surface area contributed by atoms with Crippen LogP contribution in [0.4, 0.5) is 0 Å². The molecule has 0 aliphatic carbocycles. The predicted octanol–water partition coefficient (Wildman–Crippen LogP) is 4.15. The van der Waals surface area contributed by atoms with Crippen LogP contribution >= 0.6 is 0 Å². The van der Waals surface area contributed by atoms with Gasteiger partial charge in [-0.05, 0) is 56.9 Å². The predicted molar refractivity (Wildman–Crippen MR) is 112 cm³/mol. The van der Waals surface area contributed by atoms with Gasteiger partial charge in [0.25, 0.3) is 0 Å². The number of likely N-dealkylation sites (tertiary alicyclic amines) is 1. The van der Waals surface area contributed by atoms with Crippen molar-refractivity contribution >= 4 is 11.9 Å². The highest BCUT2D eigenvalue weighted by atomic mass is 16.5. The number of hydrogen-bond acceptors (Lipinski definition) is 4. The first-order chi connectivity index (χ1) is 14.1. The van der Waals surface area contributed by atoms with Gasteiger partial charge in [-0.3, -0.25) is 0 Å². The fourth-order valence-corrected chi connectivity index (χ4v) is 3.25. The monoisotopic (exact) mass is 399 g/mol. The van der Waals surface area contributed by atoms with E-state index in [-0.39, 0.29) is 0 Å². The lowest BCUT2D eigenvalue weighted by molar-refractivity contribution is -0.159. The Morgan fingerprint density at radius 2 is 1.45 bits per heavy atom. The number of hydrogen-bond donors (Lipinski definition) is 2. The SMILES string of the molecule is O=C(O)C(=O)O.c1ccc(-c2ccccc2OCCCCN2CCCCC2)cc1. The summed E-state index contributed by atoms with van der Waals surface area (Å²) in [5, 5.41) is 14.8. The van der Waals surface area contributed by atoms with Gasteiger partial charge in [0.1, 0.15) is 5.75 Å². The molecule has 2 aromatic rings. The number of benzene rings is 2. The van der Waals surface area contributed by atoms with Crippen LogP contribution in [0.3, 0.4) is 0 Å². The Bertz CT molecular complexity index is 745. The molecule has 1 aliphatic rings. The minimum atomic E-state index is -1.82. The number of ether oxygens (including phenoxy) is 1. The second kappa shape index (κ2) is 12.6. The molecule has 0 bridgehead atoms. The van der Waals surface area contributed by atoms with E-state index in [1.807, 2.05) is 6.07 Å². The number of rotatable bonds is 7. The molecule has 0 amide bonds. The third-order valence-electron chi connectivity index (χ3n) is 4.73. The maximum absolute atomic E-state index is 9.10. The fraction of sp³-hybridized carbons (Fsp3) is 0.391. The molecule has 1 heterocycles. The highest BCUT2D eigenvalue weighted by molar-refractivity contribution is 6.27. The van der Waals surface area contributed by atoms with Crippen LogP contribution in [0, 0.1) is 0 Å². The average Bonchev–Trinajstić information content (AvgIpc) is 2.75. The third-order valence-corrected chi connectivity index (χ3v) is 4.73. The summed E-state index contributed by atoms with van der Waals surface area (Å²) in [5.74, 6) is -2.65. The number of para-hydroxylation sites is 1. The summed E-state index contributed by atoms with van der Waals surface area (Å²) in [4.78, 5) is 20.8. The Balaban J connectivity index is 0.000000438. The number of aliphatic carboxylic acids is 2. The summed E-state index contributed by atoms with van der Waals surface area (Å²) in [6.07, 6.45) is 6.52. The molecule has 1 aliphatic heterocycles. The minimum absolute atomic E-state index is 0.803. The van der Waals surface area contributed by atoms with Crippen LogP contribution in [0.2, 0.25) is 0 Å². The highest BCUT2D eigenvalue weighted by Gasteiger charge is 2.09. The molecule has 6 nitrogen and oxygen atoms in total. The van der Waals surface area contributed by atoms with Crippen LogP contribution in [-0.4, -0.2) is 53.3 Å². The Labute approximate surface area is 171 Å². The van der Waals surface area contributed by atoms with E-state index >= 15 is 0 Å². The van der Waals surface area contributed by atoms with Gasteiger partial charge >= 0.3 is 11.9 Å². The van der Waals surface area contributed by atoms with Gasteiger partial charge in [0.15, 0.2) is 0 Å². The van der Waals surface area contributed by atoms with Crippen molar-refractivity contribution in [2.45, 2.75) is 32.1 Å². The van der Waals surface area contributed by atoms with Crippen LogP contribution in [0.1, 0.15) is 32.1 Å². The van der Waals surface area contributed by atoms with E-state index < -0.39 is 11.9 Å². The van der Waals surface area contributed by atoms with Gasteiger partial charge in [-0.15, -0.1) is 0 Å². The standard InChI is InChI=1S/C21H27NO.C2H2O4/c1-3-11-19(12-4-1)20-13-5-6-14-21(20)23-18-10-9-17-22-15-7-2-8-16-22;3-1(4)2(5)6/h1,3-6,11-14H,2,7-10,15-18H2;(H,3,4)(H,5,6). The largest absolute Gasteiger partial charge is 0.493 e. The first-order valence-electron chi connectivity index (χ1n) is 10.0. The lowest BCUT2D eigenvalue weighted by Crippen LogP contribution is -2.30. The Kier molecular flexibility index (Phi) is 9.72. The van der Waals surface area contributed by atoms with E-state index in [4.69, 9.17) is 24.5 Å². The van der Waals surface area contributed by atoms with Crippen molar-refractivity contribution in [3.05, 3.63) is 54.6 Å². The molecule has 0 radical (unpaired) electrons. The Hall–Kier alpha value is -2.86. The molecule has 1 fully saturated rings. The van der Waals surface area contributed by atoms with Crippen molar-refractivity contribution in [1.82, 2.24) is 4.90 Å². The molecule has 29 heavy (non-hydrogen) atoms. The first kappa shape index (κ1) is 22.4. The molecule has 1 saturated heterocycles. The Morgan fingerprint density at radius 3 is 2.10 bits per heavy atom. The molecule has 0 spiro atoms. The molecule has 156 valence electrons. The van der Waals surface area contributed by atoms with E-state index in [9.17, 15) is 0 Å². The van der Waals surface area contributed by atoms with Crippen molar-refractivity contribution < 1.29 is 24.5 Å². The van der Waals surface area contributed by atoms with Gasteiger partial charge < -0.3 is 19.8 Å². The maximum atomic E-state index is 9.10. The highest BCUT2D eigenvalue weighted by Crippen LogP contribution is 2.29. The van der Waals surface area contributed by atoms with E-state index in [0.29, 0.717) is 0 Å². The van der Waals surface area contributed by atoms with Gasteiger partial charge in [-0.2, -0.15) is 0 Å². The first-order valence-corrected chi connectivity index (χ1v) is 10.0. The van der Waals surface area contributed by atoms with Crippen LogP contribution in [0.25, 0.3) is 11.1 Å². The lowest BCUT2D eigenvalue weighted by atomic mass is 10.1. The molecule has 0 unspecified atom stereocenters. The summed E-state index contributed by atoms with van der Waals surface area (Å²) in [6, 6.07) is 18.8. The average molecular weight is 399 g/mol. The van der Waals surface area contributed by atoms with Crippen molar-refractivity contribution in [1.29, 1.82) is 0 Å². The van der Waals surface area contributed by atoms with Crippen LogP contribution in [0.15, 0.2) is 54.6 Å². The Morgan fingerprint density at radius 1 is 0.828 bits per heavy atom. The fourth-order valence-electron chi connectivity index (χ4n) is 3.25. The zero-order valence-electron chi connectivity index (χ0n) is 16.6. The number of carbonyl (C=O) groups is 2. The lowest BCUT2D eigenvalue weighted by Gasteiger charge is -2.26. The molecule has 0 saturated carbocycles. The maximum Gasteiger partial charge on any atom is 0.414 e. The van der Waals surface area contributed by atoms with Gasteiger partial charge in [-0.1, -0.05) is 55.0 Å². The van der Waals surface area contributed by atoms with Crippen molar-refractivity contribution in [2.24, 2.45) is 0 Å². The van der Waals surface area contributed by atoms with Crippen LogP contribution < -0.4 is 4.74 Å². The van der Waals surface area contributed by atoms with Crippen molar-refractivity contribution in [3.8, 4) is 16.9 Å². The van der Waals surface area contributed by atoms with E-state index in [1.54, 1.807) is 0 Å². The quantitative estimate of drug-likeness (QED) is 0.537. The van der Waals surface area contributed by atoms with Crippen LogP contribution in [-0.2, 0) is 9.59 Å². The molecule has 2 N–H and O–H groups in total. The number of unbranched alkanes of at least 4 members (excludes halogenated alkanes) is 1.